The fourth-order valence-corrected chi connectivity index (χ4v) is 2.88. The van der Waals surface area contributed by atoms with E-state index in [9.17, 15) is 9.50 Å². The lowest BCUT2D eigenvalue weighted by atomic mass is 10.0. The molecule has 1 unspecified atom stereocenters. The van der Waals surface area contributed by atoms with Gasteiger partial charge >= 0.3 is 0 Å². The summed E-state index contributed by atoms with van der Waals surface area (Å²) in [4.78, 5) is 0. The molecule has 0 fully saturated rings. The highest BCUT2D eigenvalue weighted by molar-refractivity contribution is 9.10. The van der Waals surface area contributed by atoms with Gasteiger partial charge in [0.15, 0.2) is 11.5 Å². The van der Waals surface area contributed by atoms with Crippen LogP contribution in [0.1, 0.15) is 17.2 Å². The first-order chi connectivity index (χ1) is 10.1. The molecule has 6 heteroatoms. The van der Waals surface area contributed by atoms with Crippen LogP contribution in [0.4, 0.5) is 4.39 Å². The van der Waals surface area contributed by atoms with E-state index >= 15 is 0 Å². The fraction of sp³-hybridized carbons (Fsp3) is 0.200. The summed E-state index contributed by atoms with van der Waals surface area (Å²) in [5, 5.41) is 10.7. The molecule has 3 nitrogen and oxygen atoms in total. The van der Waals surface area contributed by atoms with Gasteiger partial charge in [0.05, 0.1) is 0 Å². The third kappa shape index (κ3) is 2.86. The van der Waals surface area contributed by atoms with Crippen LogP contribution in [-0.4, -0.2) is 18.3 Å². The predicted octanol–water partition coefficient (Wildman–Crippen LogP) is 4.09. The quantitative estimate of drug-likeness (QED) is 0.861. The van der Waals surface area contributed by atoms with Crippen LogP contribution in [0.2, 0.25) is 5.02 Å². The van der Waals surface area contributed by atoms with Gasteiger partial charge in [0.1, 0.15) is 25.1 Å². The molecule has 2 aromatic carbocycles. The van der Waals surface area contributed by atoms with Crippen LogP contribution in [0.3, 0.4) is 0 Å². The molecule has 0 amide bonds. The maximum Gasteiger partial charge on any atom is 0.162 e. The van der Waals surface area contributed by atoms with Gasteiger partial charge in [-0.3, -0.25) is 0 Å². The molecule has 1 N–H and O–H groups in total. The number of hydrogen-bond donors (Lipinski definition) is 1. The van der Waals surface area contributed by atoms with Crippen LogP contribution in [0, 0.1) is 5.82 Å². The van der Waals surface area contributed by atoms with E-state index in [2.05, 4.69) is 15.9 Å². The van der Waals surface area contributed by atoms with Crippen LogP contribution in [0.15, 0.2) is 34.8 Å². The zero-order chi connectivity index (χ0) is 15.0. The molecule has 3 rings (SSSR count). The van der Waals surface area contributed by atoms with Gasteiger partial charge in [0.25, 0.3) is 0 Å². The van der Waals surface area contributed by atoms with Gasteiger partial charge in [-0.1, -0.05) is 33.6 Å². The first kappa shape index (κ1) is 14.6. The standard InChI is InChI=1S/C15H11BrClFO3/c16-11-7-14-13(20-3-4-21-14)6-10(11)15(19)9-2-1-8(17)5-12(9)18/h1-2,5-7,15,19H,3-4H2. The summed E-state index contributed by atoms with van der Waals surface area (Å²) in [5.41, 5.74) is 0.650. The van der Waals surface area contributed by atoms with Crippen molar-refractivity contribution in [1.29, 1.82) is 0 Å². The summed E-state index contributed by atoms with van der Waals surface area (Å²) < 4.78 is 25.5. The lowest BCUT2D eigenvalue weighted by molar-refractivity contribution is 0.169. The van der Waals surface area contributed by atoms with E-state index in [1.807, 2.05) is 0 Å². The number of aliphatic hydroxyl groups excluding tert-OH is 1. The molecular weight excluding hydrogens is 363 g/mol. The Morgan fingerprint density at radius 3 is 2.43 bits per heavy atom. The minimum absolute atomic E-state index is 0.150. The predicted molar refractivity (Wildman–Crippen MR) is 80.6 cm³/mol. The van der Waals surface area contributed by atoms with Crippen LogP contribution >= 0.6 is 27.5 Å². The summed E-state index contributed by atoms with van der Waals surface area (Å²) >= 11 is 9.09. The Kier molecular flexibility index (Phi) is 4.06. The molecule has 0 aliphatic carbocycles. The van der Waals surface area contributed by atoms with E-state index in [0.717, 1.165) is 0 Å². The lowest BCUT2D eigenvalue weighted by Gasteiger charge is -2.22. The number of rotatable bonds is 2. The minimum atomic E-state index is -1.13. The van der Waals surface area contributed by atoms with Crippen molar-refractivity contribution in [2.45, 2.75) is 6.10 Å². The van der Waals surface area contributed by atoms with E-state index in [4.69, 9.17) is 21.1 Å². The summed E-state index contributed by atoms with van der Waals surface area (Å²) in [6, 6.07) is 7.53. The molecule has 1 atom stereocenters. The van der Waals surface area contributed by atoms with E-state index in [0.29, 0.717) is 34.7 Å². The Morgan fingerprint density at radius 2 is 1.76 bits per heavy atom. The van der Waals surface area contributed by atoms with Crippen molar-refractivity contribution in [2.24, 2.45) is 0 Å². The first-order valence-electron chi connectivity index (χ1n) is 6.28. The average Bonchev–Trinajstić information content (AvgIpc) is 2.46. The van der Waals surface area contributed by atoms with Gasteiger partial charge < -0.3 is 14.6 Å². The second-order valence-electron chi connectivity index (χ2n) is 4.59. The Hall–Kier alpha value is -1.30. The van der Waals surface area contributed by atoms with Crippen molar-refractivity contribution in [3.05, 3.63) is 56.8 Å². The molecule has 0 spiro atoms. The maximum atomic E-state index is 13.9. The third-order valence-corrected chi connectivity index (χ3v) is 4.14. The fourth-order valence-electron chi connectivity index (χ4n) is 2.18. The van der Waals surface area contributed by atoms with Crippen molar-refractivity contribution >= 4 is 27.5 Å². The highest BCUT2D eigenvalue weighted by atomic mass is 79.9. The van der Waals surface area contributed by atoms with Gasteiger partial charge in [-0.25, -0.2) is 4.39 Å². The van der Waals surface area contributed by atoms with E-state index in [1.54, 1.807) is 12.1 Å². The van der Waals surface area contributed by atoms with Gasteiger partial charge in [-0.05, 0) is 24.3 Å². The van der Waals surface area contributed by atoms with Crippen LogP contribution in [-0.2, 0) is 0 Å². The van der Waals surface area contributed by atoms with Crippen molar-refractivity contribution in [3.8, 4) is 11.5 Å². The van der Waals surface area contributed by atoms with Gasteiger partial charge in [0, 0.05) is 20.6 Å². The molecule has 21 heavy (non-hydrogen) atoms. The Bertz CT molecular complexity index is 693. The normalized spacial score (nSPS) is 14.9. The number of benzene rings is 2. The SMILES string of the molecule is OC(c1ccc(Cl)cc1F)c1cc2c(cc1Br)OCCO2. The molecule has 1 heterocycles. The van der Waals surface area contributed by atoms with Crippen molar-refractivity contribution in [2.75, 3.05) is 13.2 Å². The molecule has 1 aliphatic rings. The van der Waals surface area contributed by atoms with Gasteiger partial charge in [0.2, 0.25) is 0 Å². The van der Waals surface area contributed by atoms with Gasteiger partial charge in [-0.15, -0.1) is 0 Å². The van der Waals surface area contributed by atoms with Crippen molar-refractivity contribution < 1.29 is 19.0 Å². The van der Waals surface area contributed by atoms with Crippen LogP contribution in [0.5, 0.6) is 11.5 Å². The number of halogens is 3. The maximum absolute atomic E-state index is 13.9. The Labute approximate surface area is 134 Å². The minimum Gasteiger partial charge on any atom is -0.486 e. The number of fused-ring (bicyclic) bond motifs is 1. The van der Waals surface area contributed by atoms with E-state index in [-0.39, 0.29) is 10.6 Å². The molecule has 0 saturated heterocycles. The number of hydrogen-bond acceptors (Lipinski definition) is 3. The first-order valence-corrected chi connectivity index (χ1v) is 7.45. The Morgan fingerprint density at radius 1 is 1.10 bits per heavy atom. The topological polar surface area (TPSA) is 38.7 Å². The smallest absolute Gasteiger partial charge is 0.162 e. The lowest BCUT2D eigenvalue weighted by Crippen LogP contribution is -2.16. The van der Waals surface area contributed by atoms with Crippen molar-refractivity contribution in [1.82, 2.24) is 0 Å². The van der Waals surface area contributed by atoms with Crippen molar-refractivity contribution in [3.63, 3.8) is 0 Å². The summed E-state index contributed by atoms with van der Waals surface area (Å²) in [6.45, 7) is 0.923. The molecular formula is C15H11BrClFO3. The van der Waals surface area contributed by atoms with Gasteiger partial charge in [-0.2, -0.15) is 0 Å². The molecule has 1 aliphatic heterocycles. The monoisotopic (exact) mass is 372 g/mol. The molecule has 0 aromatic heterocycles. The zero-order valence-electron chi connectivity index (χ0n) is 10.8. The van der Waals surface area contributed by atoms with E-state index < -0.39 is 11.9 Å². The van der Waals surface area contributed by atoms with Crippen LogP contribution in [0.25, 0.3) is 0 Å². The summed E-state index contributed by atoms with van der Waals surface area (Å²) in [6.07, 6.45) is -1.13. The number of aliphatic hydroxyl groups is 1. The van der Waals surface area contributed by atoms with E-state index in [1.165, 1.54) is 18.2 Å². The largest absolute Gasteiger partial charge is 0.486 e. The second kappa shape index (κ2) is 5.83. The summed E-state index contributed by atoms with van der Waals surface area (Å²) in [7, 11) is 0. The molecule has 110 valence electrons. The highest BCUT2D eigenvalue weighted by Gasteiger charge is 2.22. The average molecular weight is 374 g/mol. The molecule has 0 radical (unpaired) electrons. The Balaban J connectivity index is 2.03. The molecule has 0 bridgehead atoms. The second-order valence-corrected chi connectivity index (χ2v) is 5.88. The molecule has 2 aromatic rings. The summed E-state index contributed by atoms with van der Waals surface area (Å²) in [5.74, 6) is 0.574. The van der Waals surface area contributed by atoms with Crippen LogP contribution < -0.4 is 9.47 Å². The number of ether oxygens (including phenoxy) is 2. The molecule has 0 saturated carbocycles. The third-order valence-electron chi connectivity index (χ3n) is 3.21. The highest BCUT2D eigenvalue weighted by Crippen LogP contribution is 2.40. The zero-order valence-corrected chi connectivity index (χ0v) is 13.1.